The zero-order valence-corrected chi connectivity index (χ0v) is 10.7. The number of nitrogens with one attached hydrogen (secondary N) is 1. The van der Waals surface area contributed by atoms with Crippen molar-refractivity contribution in [2.24, 2.45) is 5.92 Å². The van der Waals surface area contributed by atoms with Crippen LogP contribution >= 0.6 is 0 Å². The number of pyridine rings is 1. The molecule has 0 unspecified atom stereocenters. The highest BCUT2D eigenvalue weighted by Crippen LogP contribution is 2.31. The van der Waals surface area contributed by atoms with E-state index in [1.807, 2.05) is 24.3 Å². The Hall–Kier alpha value is -2.10. The monoisotopic (exact) mass is 255 g/mol. The second-order valence-corrected chi connectivity index (χ2v) is 5.10. The van der Waals surface area contributed by atoms with Crippen molar-refractivity contribution in [2.75, 3.05) is 12.3 Å². The summed E-state index contributed by atoms with van der Waals surface area (Å²) in [5, 5.41) is 3.79. The Bertz CT molecular complexity index is 620. The van der Waals surface area contributed by atoms with Gasteiger partial charge in [-0.2, -0.15) is 0 Å². The number of rotatable bonds is 4. The quantitative estimate of drug-likeness (QED) is 0.881. The van der Waals surface area contributed by atoms with E-state index in [4.69, 9.17) is 5.73 Å². The van der Waals surface area contributed by atoms with Gasteiger partial charge in [0.2, 0.25) is 0 Å². The molecule has 3 N–H and O–H groups in total. The number of carbonyl (C=O) groups excluding carboxylic acids is 1. The molecule has 1 heterocycles. The molecule has 4 nitrogen and oxygen atoms in total. The predicted octanol–water partition coefficient (Wildman–Crippen LogP) is 2.35. The van der Waals surface area contributed by atoms with Gasteiger partial charge in [-0.25, -0.2) is 4.98 Å². The number of aromatic nitrogens is 1. The van der Waals surface area contributed by atoms with Gasteiger partial charge in [0, 0.05) is 17.6 Å². The summed E-state index contributed by atoms with van der Waals surface area (Å²) in [6.45, 7) is 0.720. The van der Waals surface area contributed by atoms with Crippen molar-refractivity contribution in [3.05, 3.63) is 36.0 Å². The summed E-state index contributed by atoms with van der Waals surface area (Å²) in [7, 11) is 0. The first-order valence-corrected chi connectivity index (χ1v) is 6.67. The van der Waals surface area contributed by atoms with Crippen LogP contribution in [0.1, 0.15) is 29.8 Å². The van der Waals surface area contributed by atoms with Crippen molar-refractivity contribution in [1.29, 1.82) is 0 Å². The number of hydrogen-bond acceptors (Lipinski definition) is 3. The molecule has 1 amide bonds. The molecular weight excluding hydrogens is 238 g/mol. The molecule has 0 bridgehead atoms. The van der Waals surface area contributed by atoms with Crippen molar-refractivity contribution >= 4 is 22.5 Å². The lowest BCUT2D eigenvalue weighted by molar-refractivity contribution is 0.0948. The summed E-state index contributed by atoms with van der Waals surface area (Å²) < 4.78 is 0. The Morgan fingerprint density at radius 2 is 2.16 bits per heavy atom. The Morgan fingerprint density at radius 1 is 1.37 bits per heavy atom. The maximum Gasteiger partial charge on any atom is 0.269 e. The highest BCUT2D eigenvalue weighted by molar-refractivity contribution is 5.99. The molecule has 1 aliphatic carbocycles. The van der Waals surface area contributed by atoms with Gasteiger partial charge in [0.05, 0.1) is 5.52 Å². The lowest BCUT2D eigenvalue weighted by atomic mass is 10.1. The van der Waals surface area contributed by atoms with Crippen LogP contribution in [0.25, 0.3) is 10.9 Å². The molecule has 0 aliphatic heterocycles. The van der Waals surface area contributed by atoms with E-state index in [2.05, 4.69) is 10.3 Å². The Balaban J connectivity index is 1.77. The van der Waals surface area contributed by atoms with Crippen LogP contribution in [0.2, 0.25) is 0 Å². The third-order valence-electron chi connectivity index (χ3n) is 3.52. The van der Waals surface area contributed by atoms with Gasteiger partial charge in [0.25, 0.3) is 5.91 Å². The minimum Gasteiger partial charge on any atom is -0.398 e. The number of nitrogens with two attached hydrogens (primary N) is 1. The van der Waals surface area contributed by atoms with Crippen LogP contribution in [0.5, 0.6) is 0 Å². The maximum absolute atomic E-state index is 12.0. The van der Waals surface area contributed by atoms with E-state index in [1.165, 1.54) is 12.8 Å². The molecule has 1 aromatic carbocycles. The molecule has 98 valence electrons. The lowest BCUT2D eigenvalue weighted by Crippen LogP contribution is -2.25. The van der Waals surface area contributed by atoms with Gasteiger partial charge < -0.3 is 11.1 Å². The predicted molar refractivity (Wildman–Crippen MR) is 75.8 cm³/mol. The molecule has 19 heavy (non-hydrogen) atoms. The molecule has 0 atom stereocenters. The normalized spacial score (nSPS) is 14.5. The van der Waals surface area contributed by atoms with Crippen LogP contribution in [0, 0.1) is 5.92 Å². The van der Waals surface area contributed by atoms with Crippen LogP contribution in [-0.4, -0.2) is 17.4 Å². The highest BCUT2D eigenvalue weighted by Gasteiger charge is 2.20. The van der Waals surface area contributed by atoms with E-state index in [9.17, 15) is 4.79 Å². The number of fused-ring (bicyclic) bond motifs is 1. The highest BCUT2D eigenvalue weighted by atomic mass is 16.1. The minimum atomic E-state index is -0.141. The van der Waals surface area contributed by atoms with E-state index in [1.54, 1.807) is 6.07 Å². The number of amides is 1. The smallest absolute Gasteiger partial charge is 0.269 e. The second kappa shape index (κ2) is 4.88. The maximum atomic E-state index is 12.0. The average Bonchev–Trinajstić information content (AvgIpc) is 3.23. The first kappa shape index (κ1) is 12.0. The third kappa shape index (κ3) is 2.67. The van der Waals surface area contributed by atoms with Gasteiger partial charge in [-0.1, -0.05) is 31.0 Å². The number of carbonyl (C=O) groups is 1. The molecule has 4 heteroatoms. The number of hydrogen-bond donors (Lipinski definition) is 2. The largest absolute Gasteiger partial charge is 0.398 e. The fourth-order valence-corrected chi connectivity index (χ4v) is 2.21. The Labute approximate surface area is 112 Å². The molecule has 1 aliphatic rings. The summed E-state index contributed by atoms with van der Waals surface area (Å²) in [5.41, 5.74) is 7.71. The first-order valence-electron chi connectivity index (χ1n) is 6.67. The van der Waals surface area contributed by atoms with E-state index in [0.717, 1.165) is 29.8 Å². The molecular formula is C15H17N3O. The van der Waals surface area contributed by atoms with Crippen LogP contribution < -0.4 is 11.1 Å². The van der Waals surface area contributed by atoms with Crippen LogP contribution in [0.3, 0.4) is 0 Å². The molecule has 3 rings (SSSR count). The average molecular weight is 255 g/mol. The molecule has 0 saturated heterocycles. The summed E-state index contributed by atoms with van der Waals surface area (Å²) in [5.74, 6) is 0.674. The van der Waals surface area contributed by atoms with Crippen molar-refractivity contribution in [3.63, 3.8) is 0 Å². The van der Waals surface area contributed by atoms with Crippen molar-refractivity contribution in [1.82, 2.24) is 10.3 Å². The Kier molecular flexibility index (Phi) is 3.07. The van der Waals surface area contributed by atoms with Crippen LogP contribution in [0.15, 0.2) is 30.3 Å². The SMILES string of the molecule is Nc1cc(C(=O)NCCC2CC2)nc2ccccc12. The molecule has 1 saturated carbocycles. The molecule has 2 aromatic rings. The molecule has 1 fully saturated rings. The summed E-state index contributed by atoms with van der Waals surface area (Å²) in [6, 6.07) is 9.23. The van der Waals surface area contributed by atoms with Gasteiger partial charge in [-0.05, 0) is 24.5 Å². The van der Waals surface area contributed by atoms with Crippen molar-refractivity contribution in [3.8, 4) is 0 Å². The number of anilines is 1. The van der Waals surface area contributed by atoms with E-state index in [0.29, 0.717) is 11.4 Å². The standard InChI is InChI=1S/C15H17N3O/c16-12-9-14(15(19)17-8-7-10-5-6-10)18-13-4-2-1-3-11(12)13/h1-4,9-10H,5-8H2,(H2,16,18)(H,17,19). The second-order valence-electron chi connectivity index (χ2n) is 5.10. The Morgan fingerprint density at radius 3 is 2.95 bits per heavy atom. The van der Waals surface area contributed by atoms with Crippen molar-refractivity contribution < 1.29 is 4.79 Å². The zero-order valence-electron chi connectivity index (χ0n) is 10.7. The van der Waals surface area contributed by atoms with Gasteiger partial charge in [-0.15, -0.1) is 0 Å². The van der Waals surface area contributed by atoms with Gasteiger partial charge in [0.15, 0.2) is 0 Å². The number of nitrogen functional groups attached to an aromatic ring is 1. The summed E-state index contributed by atoms with van der Waals surface area (Å²) in [6.07, 6.45) is 3.67. The first-order chi connectivity index (χ1) is 9.24. The van der Waals surface area contributed by atoms with E-state index >= 15 is 0 Å². The summed E-state index contributed by atoms with van der Waals surface area (Å²) in [4.78, 5) is 16.4. The number of benzene rings is 1. The molecule has 0 radical (unpaired) electrons. The molecule has 1 aromatic heterocycles. The number of para-hydroxylation sites is 1. The fourth-order valence-electron chi connectivity index (χ4n) is 2.21. The van der Waals surface area contributed by atoms with Gasteiger partial charge >= 0.3 is 0 Å². The van der Waals surface area contributed by atoms with Gasteiger partial charge in [0.1, 0.15) is 5.69 Å². The minimum absolute atomic E-state index is 0.141. The van der Waals surface area contributed by atoms with E-state index < -0.39 is 0 Å². The third-order valence-corrected chi connectivity index (χ3v) is 3.52. The van der Waals surface area contributed by atoms with E-state index in [-0.39, 0.29) is 5.91 Å². The van der Waals surface area contributed by atoms with Crippen molar-refractivity contribution in [2.45, 2.75) is 19.3 Å². The topological polar surface area (TPSA) is 68.0 Å². The lowest BCUT2D eigenvalue weighted by Gasteiger charge is -2.07. The van der Waals surface area contributed by atoms with Crippen LogP contribution in [0.4, 0.5) is 5.69 Å². The number of nitrogens with zero attached hydrogens (tertiary/aromatic N) is 1. The zero-order chi connectivity index (χ0) is 13.2. The summed E-state index contributed by atoms with van der Waals surface area (Å²) >= 11 is 0. The van der Waals surface area contributed by atoms with Crippen LogP contribution in [-0.2, 0) is 0 Å². The molecule has 0 spiro atoms. The fraction of sp³-hybridized carbons (Fsp3) is 0.333. The van der Waals surface area contributed by atoms with Gasteiger partial charge in [-0.3, -0.25) is 4.79 Å².